The molecular formula is C18H25ClN2O2. The molecule has 0 unspecified atom stereocenters. The average Bonchev–Trinajstić information content (AvgIpc) is 2.54. The number of halogens is 1. The summed E-state index contributed by atoms with van der Waals surface area (Å²) >= 11 is 6.08. The third-order valence-corrected chi connectivity index (χ3v) is 4.84. The van der Waals surface area contributed by atoms with E-state index in [2.05, 4.69) is 10.6 Å². The van der Waals surface area contributed by atoms with Crippen LogP contribution in [0, 0.1) is 5.41 Å². The number of carbonyl (C=O) groups excluding carboxylic acids is 2. The average molecular weight is 337 g/mol. The molecule has 0 atom stereocenters. The zero-order valence-corrected chi connectivity index (χ0v) is 14.6. The van der Waals surface area contributed by atoms with Gasteiger partial charge in [0.2, 0.25) is 11.8 Å². The molecule has 1 aromatic carbocycles. The monoisotopic (exact) mass is 336 g/mol. The van der Waals surface area contributed by atoms with Crippen LogP contribution in [-0.4, -0.2) is 17.9 Å². The number of hydrogen-bond donors (Lipinski definition) is 2. The third-order valence-electron chi connectivity index (χ3n) is 4.47. The van der Waals surface area contributed by atoms with E-state index >= 15 is 0 Å². The Morgan fingerprint density at radius 3 is 2.43 bits per heavy atom. The zero-order chi connectivity index (χ0) is 16.9. The summed E-state index contributed by atoms with van der Waals surface area (Å²) in [6.07, 6.45) is 5.52. The first-order valence-corrected chi connectivity index (χ1v) is 8.61. The molecule has 4 nitrogen and oxygen atoms in total. The molecular weight excluding hydrogens is 312 g/mol. The Balaban J connectivity index is 1.90. The zero-order valence-electron chi connectivity index (χ0n) is 13.8. The van der Waals surface area contributed by atoms with E-state index in [-0.39, 0.29) is 17.9 Å². The highest BCUT2D eigenvalue weighted by atomic mass is 35.5. The maximum Gasteiger partial charge on any atom is 0.235 e. The van der Waals surface area contributed by atoms with E-state index in [1.54, 1.807) is 19.9 Å². The van der Waals surface area contributed by atoms with E-state index in [0.717, 1.165) is 31.2 Å². The van der Waals surface area contributed by atoms with E-state index < -0.39 is 5.41 Å². The van der Waals surface area contributed by atoms with Gasteiger partial charge in [-0.2, -0.15) is 0 Å². The number of carbonyl (C=O) groups is 2. The Morgan fingerprint density at radius 1 is 1.13 bits per heavy atom. The summed E-state index contributed by atoms with van der Waals surface area (Å²) in [4.78, 5) is 24.9. The molecule has 126 valence electrons. The van der Waals surface area contributed by atoms with Crippen molar-refractivity contribution < 1.29 is 9.59 Å². The van der Waals surface area contributed by atoms with Crippen LogP contribution < -0.4 is 10.6 Å². The Kier molecular flexibility index (Phi) is 6.05. The van der Waals surface area contributed by atoms with Crippen LogP contribution in [0.4, 0.5) is 0 Å². The number of hydrogen-bond acceptors (Lipinski definition) is 2. The van der Waals surface area contributed by atoms with Gasteiger partial charge >= 0.3 is 0 Å². The van der Waals surface area contributed by atoms with Gasteiger partial charge in [-0.25, -0.2) is 0 Å². The Bertz CT molecular complexity index is 566. The quantitative estimate of drug-likeness (QED) is 0.809. The van der Waals surface area contributed by atoms with Crippen LogP contribution in [0.25, 0.3) is 0 Å². The molecule has 0 spiro atoms. The summed E-state index contributed by atoms with van der Waals surface area (Å²) < 4.78 is 0. The van der Waals surface area contributed by atoms with Crippen molar-refractivity contribution in [2.75, 3.05) is 0 Å². The SMILES string of the molecule is CC(C)(C(=O)NCc1ccccc1Cl)C(=O)NC1CCCCC1. The summed E-state index contributed by atoms with van der Waals surface area (Å²) in [7, 11) is 0. The molecule has 0 bridgehead atoms. The van der Waals surface area contributed by atoms with Crippen molar-refractivity contribution in [3.8, 4) is 0 Å². The van der Waals surface area contributed by atoms with Crippen molar-refractivity contribution >= 4 is 23.4 Å². The Morgan fingerprint density at radius 2 is 1.78 bits per heavy atom. The first-order valence-electron chi connectivity index (χ1n) is 8.24. The summed E-state index contributed by atoms with van der Waals surface area (Å²) in [6.45, 7) is 3.64. The molecule has 1 fully saturated rings. The van der Waals surface area contributed by atoms with Crippen LogP contribution >= 0.6 is 11.6 Å². The molecule has 1 aliphatic rings. The van der Waals surface area contributed by atoms with Gasteiger partial charge in [0.25, 0.3) is 0 Å². The first kappa shape index (κ1) is 17.8. The second-order valence-electron chi connectivity index (χ2n) is 6.71. The van der Waals surface area contributed by atoms with Crippen LogP contribution in [-0.2, 0) is 16.1 Å². The molecule has 0 aliphatic heterocycles. The number of nitrogens with one attached hydrogen (secondary N) is 2. The fourth-order valence-electron chi connectivity index (χ4n) is 2.75. The molecule has 0 aromatic heterocycles. The molecule has 1 saturated carbocycles. The van der Waals surface area contributed by atoms with Crippen molar-refractivity contribution in [2.24, 2.45) is 5.41 Å². The standard InChI is InChI=1S/C18H25ClN2O2/c1-18(2,17(23)21-14-9-4-3-5-10-14)16(22)20-12-13-8-6-7-11-15(13)19/h6-8,11,14H,3-5,9-10,12H2,1-2H3,(H,20,22)(H,21,23). The Hall–Kier alpha value is -1.55. The predicted octanol–water partition coefficient (Wildman–Crippen LogP) is 3.43. The van der Waals surface area contributed by atoms with Crippen LogP contribution in [0.1, 0.15) is 51.5 Å². The summed E-state index contributed by atoms with van der Waals surface area (Å²) in [5.74, 6) is -0.494. The largest absolute Gasteiger partial charge is 0.352 e. The maximum absolute atomic E-state index is 12.5. The highest BCUT2D eigenvalue weighted by Gasteiger charge is 2.37. The van der Waals surface area contributed by atoms with Gasteiger partial charge in [-0.1, -0.05) is 49.1 Å². The van der Waals surface area contributed by atoms with Crippen molar-refractivity contribution in [3.63, 3.8) is 0 Å². The van der Waals surface area contributed by atoms with E-state index in [1.165, 1.54) is 6.42 Å². The van der Waals surface area contributed by atoms with E-state index in [0.29, 0.717) is 11.6 Å². The molecule has 1 aliphatic carbocycles. The highest BCUT2D eigenvalue weighted by Crippen LogP contribution is 2.21. The fourth-order valence-corrected chi connectivity index (χ4v) is 2.96. The van der Waals surface area contributed by atoms with Crippen molar-refractivity contribution in [2.45, 2.75) is 58.5 Å². The third kappa shape index (κ3) is 4.71. The molecule has 0 saturated heterocycles. The van der Waals surface area contributed by atoms with Gasteiger partial charge in [-0.3, -0.25) is 9.59 Å². The van der Waals surface area contributed by atoms with Crippen LogP contribution in [0.5, 0.6) is 0 Å². The predicted molar refractivity (Wildman–Crippen MR) is 92.1 cm³/mol. The fraction of sp³-hybridized carbons (Fsp3) is 0.556. The minimum atomic E-state index is -1.10. The molecule has 2 amide bonds. The van der Waals surface area contributed by atoms with Gasteiger partial charge in [-0.05, 0) is 38.3 Å². The lowest BCUT2D eigenvalue weighted by atomic mass is 9.89. The number of benzene rings is 1. The van der Waals surface area contributed by atoms with Gasteiger partial charge in [0, 0.05) is 17.6 Å². The Labute approximate surface area is 143 Å². The summed E-state index contributed by atoms with van der Waals surface area (Å²) in [5, 5.41) is 6.45. The lowest BCUT2D eigenvalue weighted by Gasteiger charge is -2.28. The van der Waals surface area contributed by atoms with Crippen molar-refractivity contribution in [3.05, 3.63) is 34.9 Å². The normalized spacial score (nSPS) is 16.0. The molecule has 0 heterocycles. The molecule has 2 N–H and O–H groups in total. The van der Waals surface area contributed by atoms with Crippen molar-refractivity contribution in [1.29, 1.82) is 0 Å². The highest BCUT2D eigenvalue weighted by molar-refractivity contribution is 6.31. The first-order chi connectivity index (χ1) is 10.9. The molecule has 2 rings (SSSR count). The van der Waals surface area contributed by atoms with Gasteiger partial charge in [0.1, 0.15) is 5.41 Å². The number of rotatable bonds is 5. The van der Waals surface area contributed by atoms with Crippen LogP contribution in [0.3, 0.4) is 0 Å². The molecule has 0 radical (unpaired) electrons. The molecule has 23 heavy (non-hydrogen) atoms. The van der Waals surface area contributed by atoms with Gasteiger partial charge in [0.15, 0.2) is 0 Å². The van der Waals surface area contributed by atoms with Crippen molar-refractivity contribution in [1.82, 2.24) is 10.6 Å². The lowest BCUT2D eigenvalue weighted by molar-refractivity contribution is -0.142. The molecule has 5 heteroatoms. The smallest absolute Gasteiger partial charge is 0.235 e. The lowest BCUT2D eigenvalue weighted by Crippen LogP contribution is -2.50. The van der Waals surface area contributed by atoms with Gasteiger partial charge < -0.3 is 10.6 Å². The number of amides is 2. The van der Waals surface area contributed by atoms with Crippen LogP contribution in [0.2, 0.25) is 5.02 Å². The maximum atomic E-state index is 12.5. The molecule has 1 aromatic rings. The van der Waals surface area contributed by atoms with Gasteiger partial charge in [-0.15, -0.1) is 0 Å². The second-order valence-corrected chi connectivity index (χ2v) is 7.11. The summed E-state index contributed by atoms with van der Waals surface area (Å²) in [5.41, 5.74) is -0.260. The second kappa shape index (κ2) is 7.82. The minimum Gasteiger partial charge on any atom is -0.352 e. The minimum absolute atomic E-state index is 0.201. The topological polar surface area (TPSA) is 58.2 Å². The van der Waals surface area contributed by atoms with E-state index in [1.807, 2.05) is 18.2 Å². The van der Waals surface area contributed by atoms with E-state index in [9.17, 15) is 9.59 Å². The summed E-state index contributed by atoms with van der Waals surface area (Å²) in [6, 6.07) is 7.55. The van der Waals surface area contributed by atoms with Crippen LogP contribution in [0.15, 0.2) is 24.3 Å². The van der Waals surface area contributed by atoms with E-state index in [4.69, 9.17) is 11.6 Å². The van der Waals surface area contributed by atoms with Gasteiger partial charge in [0.05, 0.1) is 0 Å².